The number of methoxy groups -OCH3 is 1. The van der Waals surface area contributed by atoms with Gasteiger partial charge >= 0.3 is 5.97 Å². The van der Waals surface area contributed by atoms with E-state index in [1.807, 2.05) is 12.1 Å². The van der Waals surface area contributed by atoms with Crippen molar-refractivity contribution < 1.29 is 14.3 Å². The van der Waals surface area contributed by atoms with Gasteiger partial charge in [-0.25, -0.2) is 9.78 Å². The predicted molar refractivity (Wildman–Crippen MR) is 72.3 cm³/mol. The van der Waals surface area contributed by atoms with Gasteiger partial charge < -0.3 is 15.2 Å². The van der Waals surface area contributed by atoms with Gasteiger partial charge in [0.15, 0.2) is 0 Å². The summed E-state index contributed by atoms with van der Waals surface area (Å²) >= 11 is 0. The second-order valence-electron chi connectivity index (χ2n) is 4.09. The number of nitrogens with two attached hydrogens (primary N) is 1. The predicted octanol–water partition coefficient (Wildman–Crippen LogP) is 1.12. The average Bonchev–Trinajstić information content (AvgIpc) is 2.93. The first-order valence-corrected chi connectivity index (χ1v) is 6.15. The number of nitrogens with zero attached hydrogens (tertiary/aromatic N) is 3. The molecular weight excluding hydrogens is 260 g/mol. The van der Waals surface area contributed by atoms with Crippen molar-refractivity contribution in [2.45, 2.75) is 13.0 Å². The van der Waals surface area contributed by atoms with Gasteiger partial charge in [-0.2, -0.15) is 0 Å². The number of hydrogen-bond acceptors (Lipinski definition) is 6. The van der Waals surface area contributed by atoms with Gasteiger partial charge in [-0.3, -0.25) is 4.68 Å². The number of carbonyl (C=O) groups excluding carboxylic acids is 1. The minimum atomic E-state index is -0.540. The molecule has 0 atom stereocenters. The smallest absolute Gasteiger partial charge is 0.377 e. The third kappa shape index (κ3) is 3.71. The van der Waals surface area contributed by atoms with Gasteiger partial charge in [-0.15, -0.1) is 5.10 Å². The number of aromatic nitrogens is 3. The van der Waals surface area contributed by atoms with Crippen LogP contribution in [0.3, 0.4) is 0 Å². The van der Waals surface area contributed by atoms with Crippen LogP contribution in [0.25, 0.3) is 0 Å². The van der Waals surface area contributed by atoms with E-state index in [0.717, 1.165) is 12.2 Å². The first-order chi connectivity index (χ1) is 9.69. The average molecular weight is 276 g/mol. The minimum Gasteiger partial charge on any atom is -0.494 e. The Morgan fingerprint density at radius 1 is 1.35 bits per heavy atom. The standard InChI is InChI=1S/C13H16N4O3/c1-19-13(18)12-15-9-17(16-12)7-2-8-20-11-5-3-10(14)4-6-11/h3-6,9H,2,7-8,14H2,1H3. The molecule has 0 aliphatic heterocycles. The zero-order valence-corrected chi connectivity index (χ0v) is 11.2. The van der Waals surface area contributed by atoms with Crippen LogP contribution in [-0.2, 0) is 11.3 Å². The Morgan fingerprint density at radius 3 is 2.80 bits per heavy atom. The molecule has 1 aromatic carbocycles. The third-order valence-electron chi connectivity index (χ3n) is 2.58. The number of benzene rings is 1. The van der Waals surface area contributed by atoms with E-state index in [2.05, 4.69) is 14.8 Å². The fourth-order valence-electron chi connectivity index (χ4n) is 1.57. The number of hydrogen-bond donors (Lipinski definition) is 1. The number of anilines is 1. The maximum absolute atomic E-state index is 11.2. The topological polar surface area (TPSA) is 92.3 Å². The zero-order valence-electron chi connectivity index (χ0n) is 11.2. The second-order valence-corrected chi connectivity index (χ2v) is 4.09. The Bertz CT molecular complexity index is 565. The highest BCUT2D eigenvalue weighted by Crippen LogP contribution is 2.13. The molecule has 0 aliphatic rings. The Morgan fingerprint density at radius 2 is 2.10 bits per heavy atom. The van der Waals surface area contributed by atoms with Gasteiger partial charge in [0.1, 0.15) is 12.1 Å². The molecule has 2 rings (SSSR count). The lowest BCUT2D eigenvalue weighted by Crippen LogP contribution is -2.08. The van der Waals surface area contributed by atoms with Crippen molar-refractivity contribution in [3.63, 3.8) is 0 Å². The lowest BCUT2D eigenvalue weighted by molar-refractivity contribution is 0.0586. The fourth-order valence-corrected chi connectivity index (χ4v) is 1.57. The summed E-state index contributed by atoms with van der Waals surface area (Å²) in [5, 5.41) is 4.00. The van der Waals surface area contributed by atoms with Crippen LogP contribution in [0.4, 0.5) is 5.69 Å². The van der Waals surface area contributed by atoms with Crippen molar-refractivity contribution in [2.24, 2.45) is 0 Å². The van der Waals surface area contributed by atoms with E-state index >= 15 is 0 Å². The van der Waals surface area contributed by atoms with Crippen LogP contribution in [0, 0.1) is 0 Å². The summed E-state index contributed by atoms with van der Waals surface area (Å²) < 4.78 is 11.7. The van der Waals surface area contributed by atoms with Gasteiger partial charge in [-0.1, -0.05) is 0 Å². The first kappa shape index (κ1) is 13.9. The molecule has 106 valence electrons. The molecule has 1 heterocycles. The molecule has 0 radical (unpaired) electrons. The molecule has 0 amide bonds. The van der Waals surface area contributed by atoms with Crippen LogP contribution in [-0.4, -0.2) is 34.5 Å². The number of aryl methyl sites for hydroxylation is 1. The van der Waals surface area contributed by atoms with E-state index in [9.17, 15) is 4.79 Å². The normalized spacial score (nSPS) is 10.2. The highest BCUT2D eigenvalue weighted by Gasteiger charge is 2.10. The highest BCUT2D eigenvalue weighted by molar-refractivity contribution is 5.84. The van der Waals surface area contributed by atoms with Crippen molar-refractivity contribution >= 4 is 11.7 Å². The first-order valence-electron chi connectivity index (χ1n) is 6.15. The molecule has 0 unspecified atom stereocenters. The van der Waals surface area contributed by atoms with Gasteiger partial charge in [0.2, 0.25) is 0 Å². The summed E-state index contributed by atoms with van der Waals surface area (Å²) in [7, 11) is 1.30. The van der Waals surface area contributed by atoms with Crippen molar-refractivity contribution in [2.75, 3.05) is 19.5 Å². The van der Waals surface area contributed by atoms with Gasteiger partial charge in [0, 0.05) is 18.7 Å². The lowest BCUT2D eigenvalue weighted by Gasteiger charge is -2.06. The number of rotatable bonds is 6. The Kier molecular flexibility index (Phi) is 4.54. The quantitative estimate of drug-likeness (QED) is 0.483. The maximum atomic E-state index is 11.2. The lowest BCUT2D eigenvalue weighted by atomic mass is 10.3. The SMILES string of the molecule is COC(=O)c1ncn(CCCOc2ccc(N)cc2)n1. The largest absolute Gasteiger partial charge is 0.494 e. The molecule has 1 aromatic heterocycles. The highest BCUT2D eigenvalue weighted by atomic mass is 16.5. The fraction of sp³-hybridized carbons (Fsp3) is 0.308. The van der Waals surface area contributed by atoms with Crippen LogP contribution in [0.2, 0.25) is 0 Å². The Balaban J connectivity index is 1.74. The van der Waals surface area contributed by atoms with E-state index in [-0.39, 0.29) is 5.82 Å². The molecule has 0 saturated carbocycles. The molecule has 7 nitrogen and oxygen atoms in total. The van der Waals surface area contributed by atoms with Crippen LogP contribution in [0.15, 0.2) is 30.6 Å². The molecular formula is C13H16N4O3. The minimum absolute atomic E-state index is 0.0620. The van der Waals surface area contributed by atoms with Crippen LogP contribution < -0.4 is 10.5 Å². The van der Waals surface area contributed by atoms with Crippen LogP contribution >= 0.6 is 0 Å². The van der Waals surface area contributed by atoms with Crippen molar-refractivity contribution in [1.82, 2.24) is 14.8 Å². The van der Waals surface area contributed by atoms with E-state index in [1.165, 1.54) is 13.4 Å². The maximum Gasteiger partial charge on any atom is 0.377 e. The molecule has 0 saturated heterocycles. The van der Waals surface area contributed by atoms with Crippen molar-refractivity contribution in [3.05, 3.63) is 36.4 Å². The van der Waals surface area contributed by atoms with Gasteiger partial charge in [0.25, 0.3) is 5.82 Å². The monoisotopic (exact) mass is 276 g/mol. The zero-order chi connectivity index (χ0) is 14.4. The van der Waals surface area contributed by atoms with Crippen LogP contribution in [0.5, 0.6) is 5.75 Å². The van der Waals surface area contributed by atoms with E-state index < -0.39 is 5.97 Å². The molecule has 20 heavy (non-hydrogen) atoms. The number of esters is 1. The molecule has 0 aliphatic carbocycles. The molecule has 0 spiro atoms. The Labute approximate surface area is 116 Å². The van der Waals surface area contributed by atoms with Crippen molar-refractivity contribution in [1.29, 1.82) is 0 Å². The Hall–Kier alpha value is -2.57. The summed E-state index contributed by atoms with van der Waals surface area (Å²) in [5.41, 5.74) is 6.29. The third-order valence-corrected chi connectivity index (χ3v) is 2.58. The van der Waals surface area contributed by atoms with Crippen LogP contribution in [0.1, 0.15) is 17.0 Å². The summed E-state index contributed by atoms with van der Waals surface area (Å²) in [6.07, 6.45) is 2.24. The summed E-state index contributed by atoms with van der Waals surface area (Å²) in [6, 6.07) is 7.21. The van der Waals surface area contributed by atoms with E-state index in [1.54, 1.807) is 16.8 Å². The van der Waals surface area contributed by atoms with E-state index in [0.29, 0.717) is 18.8 Å². The number of carbonyl (C=O) groups is 1. The van der Waals surface area contributed by atoms with Gasteiger partial charge in [0.05, 0.1) is 13.7 Å². The molecule has 0 bridgehead atoms. The number of ether oxygens (including phenoxy) is 2. The van der Waals surface area contributed by atoms with Gasteiger partial charge in [-0.05, 0) is 24.3 Å². The molecule has 2 aromatic rings. The molecule has 0 fully saturated rings. The molecule has 2 N–H and O–H groups in total. The molecule has 7 heteroatoms. The summed E-state index contributed by atoms with van der Waals surface area (Å²) in [6.45, 7) is 1.15. The second kappa shape index (κ2) is 6.55. The summed E-state index contributed by atoms with van der Waals surface area (Å²) in [5.74, 6) is 0.293. The van der Waals surface area contributed by atoms with E-state index in [4.69, 9.17) is 10.5 Å². The number of nitrogen functional groups attached to an aromatic ring is 1. The van der Waals surface area contributed by atoms with Crippen molar-refractivity contribution in [3.8, 4) is 5.75 Å². The summed E-state index contributed by atoms with van der Waals surface area (Å²) in [4.78, 5) is 15.0.